The zero-order valence-corrected chi connectivity index (χ0v) is 13.3. The van der Waals surface area contributed by atoms with Crippen LogP contribution in [0.15, 0.2) is 18.2 Å². The molecule has 2 heterocycles. The van der Waals surface area contributed by atoms with Crippen LogP contribution in [0, 0.1) is 0 Å². The van der Waals surface area contributed by atoms with Crippen molar-refractivity contribution in [1.82, 2.24) is 5.32 Å². The fourth-order valence-corrected chi connectivity index (χ4v) is 3.52. The molecule has 0 aromatic heterocycles. The summed E-state index contributed by atoms with van der Waals surface area (Å²) in [5.74, 6) is -1.38. The topological polar surface area (TPSA) is 58.6 Å². The Bertz CT molecular complexity index is 642. The van der Waals surface area contributed by atoms with Crippen LogP contribution in [0.2, 0.25) is 0 Å². The van der Waals surface area contributed by atoms with Crippen molar-refractivity contribution in [2.45, 2.75) is 50.0 Å². The molecule has 0 spiro atoms. The van der Waals surface area contributed by atoms with E-state index in [2.05, 4.69) is 30.4 Å². The molecule has 1 aliphatic carbocycles. The fourth-order valence-electron chi connectivity index (χ4n) is 3.52. The smallest absolute Gasteiger partial charge is 0.475 e. The molecular formula is C17H20F3NO3. The number of ether oxygens (including phenoxy) is 1. The van der Waals surface area contributed by atoms with Gasteiger partial charge in [-0.15, -0.1) is 0 Å². The first-order chi connectivity index (χ1) is 11.2. The van der Waals surface area contributed by atoms with Gasteiger partial charge in [-0.3, -0.25) is 0 Å². The molecule has 0 bridgehead atoms. The number of alkyl halides is 3. The molecule has 132 valence electrons. The van der Waals surface area contributed by atoms with Gasteiger partial charge in [-0.05, 0) is 42.4 Å². The number of halogens is 3. The summed E-state index contributed by atoms with van der Waals surface area (Å²) in [4.78, 5) is 8.90. The second kappa shape index (κ2) is 6.04. The van der Waals surface area contributed by atoms with E-state index in [0.717, 1.165) is 25.6 Å². The summed E-state index contributed by atoms with van der Waals surface area (Å²) in [6, 6.07) is 6.88. The van der Waals surface area contributed by atoms with Crippen molar-refractivity contribution in [1.29, 1.82) is 0 Å². The van der Waals surface area contributed by atoms with Crippen LogP contribution >= 0.6 is 0 Å². The van der Waals surface area contributed by atoms with Crippen LogP contribution in [0.3, 0.4) is 0 Å². The van der Waals surface area contributed by atoms with Gasteiger partial charge in [0.05, 0.1) is 12.2 Å². The Morgan fingerprint density at radius 1 is 1.33 bits per heavy atom. The maximum absolute atomic E-state index is 10.6. The SMILES string of the molecule is C[C@]12CNC[C@H]1c1cccc(C3CC3)c1CO2.O=C(O)C(F)(F)F. The highest BCUT2D eigenvalue weighted by Gasteiger charge is 2.45. The highest BCUT2D eigenvalue weighted by Crippen LogP contribution is 2.47. The molecule has 2 aliphatic heterocycles. The van der Waals surface area contributed by atoms with Crippen LogP contribution in [0.5, 0.6) is 0 Å². The van der Waals surface area contributed by atoms with Gasteiger partial charge in [0.2, 0.25) is 0 Å². The lowest BCUT2D eigenvalue weighted by Gasteiger charge is -2.38. The minimum absolute atomic E-state index is 0.0230. The Morgan fingerprint density at radius 2 is 1.96 bits per heavy atom. The third-order valence-electron chi connectivity index (χ3n) is 4.99. The Labute approximate surface area is 138 Å². The van der Waals surface area contributed by atoms with Gasteiger partial charge in [0.15, 0.2) is 0 Å². The normalized spacial score (nSPS) is 28.4. The number of hydrogen-bond donors (Lipinski definition) is 2. The van der Waals surface area contributed by atoms with Gasteiger partial charge in [0.1, 0.15) is 0 Å². The predicted octanol–water partition coefficient (Wildman–Crippen LogP) is 3.17. The maximum atomic E-state index is 10.6. The number of carboxylic acids is 1. The van der Waals surface area contributed by atoms with E-state index in [1.807, 2.05) is 0 Å². The predicted molar refractivity (Wildman–Crippen MR) is 80.9 cm³/mol. The molecule has 3 aliphatic rings. The number of rotatable bonds is 1. The fraction of sp³-hybridized carbons (Fsp3) is 0.588. The largest absolute Gasteiger partial charge is 0.490 e. The van der Waals surface area contributed by atoms with Crippen molar-refractivity contribution < 1.29 is 27.8 Å². The summed E-state index contributed by atoms with van der Waals surface area (Å²) in [7, 11) is 0. The molecule has 2 fully saturated rings. The Morgan fingerprint density at radius 3 is 2.54 bits per heavy atom. The van der Waals surface area contributed by atoms with E-state index in [9.17, 15) is 13.2 Å². The molecule has 7 heteroatoms. The summed E-state index contributed by atoms with van der Waals surface area (Å²) < 4.78 is 37.9. The summed E-state index contributed by atoms with van der Waals surface area (Å²) in [6.45, 7) is 5.13. The number of nitrogens with one attached hydrogen (secondary N) is 1. The number of fused-ring (bicyclic) bond motifs is 3. The number of hydrogen-bond acceptors (Lipinski definition) is 3. The molecule has 0 unspecified atom stereocenters. The highest BCUT2D eigenvalue weighted by molar-refractivity contribution is 5.73. The second-order valence-corrected chi connectivity index (χ2v) is 6.78. The van der Waals surface area contributed by atoms with Crippen molar-refractivity contribution >= 4 is 5.97 Å². The zero-order chi connectivity index (χ0) is 17.5. The summed E-state index contributed by atoms with van der Waals surface area (Å²) in [6.07, 6.45) is -2.34. The third kappa shape index (κ3) is 3.28. The first kappa shape index (κ1) is 17.2. The molecule has 4 nitrogen and oxygen atoms in total. The van der Waals surface area contributed by atoms with Gasteiger partial charge in [0.25, 0.3) is 0 Å². The lowest BCUT2D eigenvalue weighted by molar-refractivity contribution is -0.192. The second-order valence-electron chi connectivity index (χ2n) is 6.78. The van der Waals surface area contributed by atoms with Crippen LogP contribution in [-0.2, 0) is 16.1 Å². The summed E-state index contributed by atoms with van der Waals surface area (Å²) >= 11 is 0. The van der Waals surface area contributed by atoms with Crippen molar-refractivity contribution in [3.8, 4) is 0 Å². The molecule has 2 atom stereocenters. The van der Waals surface area contributed by atoms with Gasteiger partial charge in [-0.2, -0.15) is 13.2 Å². The molecule has 1 saturated heterocycles. The van der Waals surface area contributed by atoms with Crippen molar-refractivity contribution in [2.24, 2.45) is 0 Å². The first-order valence-electron chi connectivity index (χ1n) is 7.99. The van der Waals surface area contributed by atoms with Crippen LogP contribution in [-0.4, -0.2) is 35.9 Å². The van der Waals surface area contributed by atoms with Gasteiger partial charge in [0, 0.05) is 19.0 Å². The highest BCUT2D eigenvalue weighted by atomic mass is 19.4. The standard InChI is InChI=1S/C15H19NO.C2HF3O2/c1-15-9-16-7-14(15)12-4-2-3-11(10-5-6-10)13(12)8-17-15;3-2(4,5)1(6)7/h2-4,10,14,16H,5-9H2,1H3;(H,6,7)/t14-,15-;/m0./s1. The van der Waals surface area contributed by atoms with E-state index in [4.69, 9.17) is 14.6 Å². The number of aliphatic carboxylic acids is 1. The van der Waals surface area contributed by atoms with E-state index in [0.29, 0.717) is 5.92 Å². The van der Waals surface area contributed by atoms with Crippen LogP contribution < -0.4 is 5.32 Å². The molecule has 0 amide bonds. The van der Waals surface area contributed by atoms with Crippen molar-refractivity contribution in [3.05, 3.63) is 34.9 Å². The van der Waals surface area contributed by atoms with Crippen LogP contribution in [0.1, 0.15) is 48.3 Å². The molecule has 24 heavy (non-hydrogen) atoms. The summed E-state index contributed by atoms with van der Waals surface area (Å²) in [5, 5.41) is 10.6. The lowest BCUT2D eigenvalue weighted by Crippen LogP contribution is -2.40. The molecule has 1 aromatic carbocycles. The van der Waals surface area contributed by atoms with Gasteiger partial charge >= 0.3 is 12.1 Å². The maximum Gasteiger partial charge on any atom is 0.490 e. The van der Waals surface area contributed by atoms with E-state index in [1.165, 1.54) is 18.4 Å². The summed E-state index contributed by atoms with van der Waals surface area (Å²) in [5.41, 5.74) is 4.64. The van der Waals surface area contributed by atoms with Gasteiger partial charge in [-0.1, -0.05) is 18.2 Å². The lowest BCUT2D eigenvalue weighted by atomic mass is 9.80. The van der Waals surface area contributed by atoms with Crippen molar-refractivity contribution in [2.75, 3.05) is 13.1 Å². The molecule has 2 N–H and O–H groups in total. The average molecular weight is 343 g/mol. The first-order valence-corrected chi connectivity index (χ1v) is 7.99. The van der Waals surface area contributed by atoms with E-state index >= 15 is 0 Å². The Kier molecular flexibility index (Phi) is 4.34. The van der Waals surface area contributed by atoms with Crippen LogP contribution in [0.25, 0.3) is 0 Å². The average Bonchev–Trinajstić information content (AvgIpc) is 3.27. The van der Waals surface area contributed by atoms with Crippen LogP contribution in [0.4, 0.5) is 13.2 Å². The molecule has 1 saturated carbocycles. The third-order valence-corrected chi connectivity index (χ3v) is 4.99. The van der Waals surface area contributed by atoms with E-state index in [1.54, 1.807) is 11.1 Å². The molecule has 0 radical (unpaired) electrons. The minimum atomic E-state index is -5.08. The van der Waals surface area contributed by atoms with E-state index in [-0.39, 0.29) is 5.60 Å². The zero-order valence-electron chi connectivity index (χ0n) is 13.3. The van der Waals surface area contributed by atoms with Gasteiger partial charge in [-0.25, -0.2) is 4.79 Å². The van der Waals surface area contributed by atoms with Gasteiger partial charge < -0.3 is 15.2 Å². The van der Waals surface area contributed by atoms with E-state index < -0.39 is 12.1 Å². The quantitative estimate of drug-likeness (QED) is 0.822. The minimum Gasteiger partial charge on any atom is -0.475 e. The number of carbonyl (C=O) groups is 1. The molecule has 1 aromatic rings. The Balaban J connectivity index is 0.000000209. The van der Waals surface area contributed by atoms with Crippen molar-refractivity contribution in [3.63, 3.8) is 0 Å². The Hall–Kier alpha value is -1.60. The monoisotopic (exact) mass is 343 g/mol. The molecular weight excluding hydrogens is 323 g/mol. The number of carboxylic acid groups (broad SMARTS) is 1. The molecule has 4 rings (SSSR count). The number of benzene rings is 1.